The molecule has 0 aliphatic carbocycles. The quantitative estimate of drug-likeness (QED) is 0.250. The van der Waals surface area contributed by atoms with Crippen molar-refractivity contribution in [3.8, 4) is 11.1 Å². The highest BCUT2D eigenvalue weighted by molar-refractivity contribution is 6.10. The summed E-state index contributed by atoms with van der Waals surface area (Å²) in [7, 11) is 0. The van der Waals surface area contributed by atoms with Gasteiger partial charge in [0.05, 0.1) is 0 Å². The largest absolute Gasteiger partial charge is 0.0587 e. The Balaban J connectivity index is 1.52. The molecule has 0 nitrogen and oxygen atoms in total. The van der Waals surface area contributed by atoms with Gasteiger partial charge < -0.3 is 0 Å². The number of hydrogen-bond acceptors (Lipinski definition) is 0. The number of aryl methyl sites for hydroxylation is 2. The van der Waals surface area contributed by atoms with Crippen LogP contribution in [-0.2, 0) is 0 Å². The molecular weight excluding hydrogens is 360 g/mol. The Morgan fingerprint density at radius 3 is 1.07 bits per heavy atom. The average molecular weight is 383 g/mol. The molecule has 0 saturated carbocycles. The standard InChI is InChI=1S/C30H22/c1-19-3-11-27-23(15-19)5-7-25-17-21(9-13-29(25)27)22-10-14-30-26(18-22)8-6-24-16-20(2)4-12-28(24)30/h3-18H,1-2H3. The Labute approximate surface area is 176 Å². The lowest BCUT2D eigenvalue weighted by atomic mass is 9.94. The van der Waals surface area contributed by atoms with Crippen LogP contribution in [0.15, 0.2) is 97.1 Å². The first-order valence-electron chi connectivity index (χ1n) is 10.5. The van der Waals surface area contributed by atoms with E-state index in [1.807, 2.05) is 0 Å². The summed E-state index contributed by atoms with van der Waals surface area (Å²) in [6, 6.07) is 36.1. The van der Waals surface area contributed by atoms with Gasteiger partial charge in [0.2, 0.25) is 0 Å². The van der Waals surface area contributed by atoms with Crippen molar-refractivity contribution >= 4 is 43.1 Å². The van der Waals surface area contributed by atoms with Crippen LogP contribution < -0.4 is 0 Å². The molecule has 0 atom stereocenters. The van der Waals surface area contributed by atoms with Gasteiger partial charge in [-0.3, -0.25) is 0 Å². The van der Waals surface area contributed by atoms with E-state index < -0.39 is 0 Å². The number of fused-ring (bicyclic) bond motifs is 6. The van der Waals surface area contributed by atoms with Gasteiger partial charge in [0.15, 0.2) is 0 Å². The van der Waals surface area contributed by atoms with Crippen LogP contribution in [0, 0.1) is 13.8 Å². The van der Waals surface area contributed by atoms with E-state index in [4.69, 9.17) is 0 Å². The van der Waals surface area contributed by atoms with Crippen molar-refractivity contribution < 1.29 is 0 Å². The number of benzene rings is 6. The van der Waals surface area contributed by atoms with Crippen LogP contribution in [0.1, 0.15) is 11.1 Å². The van der Waals surface area contributed by atoms with Gasteiger partial charge in [-0.15, -0.1) is 0 Å². The molecule has 0 aliphatic heterocycles. The first-order chi connectivity index (χ1) is 14.7. The van der Waals surface area contributed by atoms with Crippen LogP contribution in [-0.4, -0.2) is 0 Å². The lowest BCUT2D eigenvalue weighted by Gasteiger charge is -2.10. The Morgan fingerprint density at radius 2 is 0.667 bits per heavy atom. The van der Waals surface area contributed by atoms with Gasteiger partial charge in [-0.25, -0.2) is 0 Å². The maximum atomic E-state index is 2.32. The molecule has 0 heteroatoms. The molecule has 6 aromatic rings. The molecule has 0 saturated heterocycles. The minimum Gasteiger partial charge on any atom is -0.0587 e. The van der Waals surface area contributed by atoms with E-state index in [9.17, 15) is 0 Å². The highest BCUT2D eigenvalue weighted by atomic mass is 14.1. The average Bonchev–Trinajstić information content (AvgIpc) is 2.77. The number of hydrogen-bond donors (Lipinski definition) is 0. The van der Waals surface area contributed by atoms with Crippen LogP contribution in [0.4, 0.5) is 0 Å². The van der Waals surface area contributed by atoms with Crippen LogP contribution >= 0.6 is 0 Å². The maximum absolute atomic E-state index is 2.32. The molecule has 0 unspecified atom stereocenters. The Kier molecular flexibility index (Phi) is 3.70. The molecule has 0 fully saturated rings. The second-order valence-electron chi connectivity index (χ2n) is 8.45. The first kappa shape index (κ1) is 17.2. The summed E-state index contributed by atoms with van der Waals surface area (Å²) in [4.78, 5) is 0. The summed E-state index contributed by atoms with van der Waals surface area (Å²) in [6.07, 6.45) is 0. The fourth-order valence-electron chi connectivity index (χ4n) is 4.74. The zero-order valence-electron chi connectivity index (χ0n) is 17.2. The van der Waals surface area contributed by atoms with E-state index in [2.05, 4.69) is 111 Å². The summed E-state index contributed by atoms with van der Waals surface area (Å²) in [6.45, 7) is 4.30. The minimum absolute atomic E-state index is 1.26. The van der Waals surface area contributed by atoms with Crippen molar-refractivity contribution in [2.45, 2.75) is 13.8 Å². The van der Waals surface area contributed by atoms with Gasteiger partial charge in [-0.1, -0.05) is 96.1 Å². The van der Waals surface area contributed by atoms with Crippen LogP contribution in [0.5, 0.6) is 0 Å². The molecule has 0 aromatic heterocycles. The SMILES string of the molecule is Cc1ccc2c(ccc3cc(-c4ccc5c(ccc6cc(C)ccc65)c4)ccc32)c1. The van der Waals surface area contributed by atoms with E-state index in [1.54, 1.807) is 0 Å². The zero-order chi connectivity index (χ0) is 20.2. The molecule has 0 heterocycles. The van der Waals surface area contributed by atoms with Crippen molar-refractivity contribution in [3.05, 3.63) is 108 Å². The van der Waals surface area contributed by atoms with Crippen molar-refractivity contribution in [3.63, 3.8) is 0 Å². The molecule has 0 radical (unpaired) electrons. The van der Waals surface area contributed by atoms with Gasteiger partial charge in [0.25, 0.3) is 0 Å². The van der Waals surface area contributed by atoms with Gasteiger partial charge >= 0.3 is 0 Å². The fraction of sp³-hybridized carbons (Fsp3) is 0.0667. The minimum atomic E-state index is 1.26. The predicted molar refractivity (Wildman–Crippen MR) is 131 cm³/mol. The molecule has 0 bridgehead atoms. The normalized spacial score (nSPS) is 11.7. The Bertz CT molecular complexity index is 1480. The van der Waals surface area contributed by atoms with Crippen LogP contribution in [0.25, 0.3) is 54.2 Å². The van der Waals surface area contributed by atoms with Gasteiger partial charge in [-0.05, 0) is 80.2 Å². The predicted octanol–water partition coefficient (Wildman–Crippen LogP) is 8.58. The highest BCUT2D eigenvalue weighted by Gasteiger charge is 2.06. The lowest BCUT2D eigenvalue weighted by molar-refractivity contribution is 1.51. The molecule has 0 spiro atoms. The van der Waals surface area contributed by atoms with Gasteiger partial charge in [0, 0.05) is 0 Å². The fourth-order valence-corrected chi connectivity index (χ4v) is 4.74. The van der Waals surface area contributed by atoms with Crippen molar-refractivity contribution in [1.82, 2.24) is 0 Å². The Morgan fingerprint density at radius 1 is 0.333 bits per heavy atom. The van der Waals surface area contributed by atoms with Crippen molar-refractivity contribution in [1.29, 1.82) is 0 Å². The Hall–Kier alpha value is -3.64. The van der Waals surface area contributed by atoms with E-state index in [0.717, 1.165) is 0 Å². The third-order valence-corrected chi connectivity index (χ3v) is 6.32. The second kappa shape index (κ2) is 6.43. The monoisotopic (exact) mass is 382 g/mol. The summed E-state index contributed by atoms with van der Waals surface area (Å²) >= 11 is 0. The van der Waals surface area contributed by atoms with Crippen molar-refractivity contribution in [2.24, 2.45) is 0 Å². The molecule has 0 N–H and O–H groups in total. The summed E-state index contributed by atoms with van der Waals surface area (Å²) in [5, 5.41) is 10.5. The summed E-state index contributed by atoms with van der Waals surface area (Å²) < 4.78 is 0. The van der Waals surface area contributed by atoms with Gasteiger partial charge in [0.1, 0.15) is 0 Å². The molecule has 6 aromatic carbocycles. The van der Waals surface area contributed by atoms with E-state index in [0.29, 0.717) is 0 Å². The van der Waals surface area contributed by atoms with Crippen LogP contribution in [0.3, 0.4) is 0 Å². The smallest absolute Gasteiger partial charge is 0.0105 e. The zero-order valence-corrected chi connectivity index (χ0v) is 17.2. The van der Waals surface area contributed by atoms with Gasteiger partial charge in [-0.2, -0.15) is 0 Å². The van der Waals surface area contributed by atoms with E-state index in [-0.39, 0.29) is 0 Å². The topological polar surface area (TPSA) is 0 Å². The summed E-state index contributed by atoms with van der Waals surface area (Å²) in [5.74, 6) is 0. The lowest BCUT2D eigenvalue weighted by Crippen LogP contribution is -1.84. The van der Waals surface area contributed by atoms with Crippen LogP contribution in [0.2, 0.25) is 0 Å². The third-order valence-electron chi connectivity index (χ3n) is 6.32. The summed E-state index contributed by atoms with van der Waals surface area (Å²) in [5.41, 5.74) is 5.13. The molecule has 30 heavy (non-hydrogen) atoms. The third kappa shape index (κ3) is 2.69. The molecule has 6 rings (SSSR count). The molecule has 0 aliphatic rings. The maximum Gasteiger partial charge on any atom is -0.0105 e. The van der Waals surface area contributed by atoms with E-state index >= 15 is 0 Å². The molecule has 0 amide bonds. The van der Waals surface area contributed by atoms with Crippen molar-refractivity contribution in [2.75, 3.05) is 0 Å². The highest BCUT2D eigenvalue weighted by Crippen LogP contribution is 2.33. The first-order valence-corrected chi connectivity index (χ1v) is 10.5. The van der Waals surface area contributed by atoms with E-state index in [1.165, 1.54) is 65.3 Å². The molecular formula is C30H22. The molecule has 142 valence electrons. The second-order valence-corrected chi connectivity index (χ2v) is 8.45. The number of rotatable bonds is 1.